The van der Waals surface area contributed by atoms with Gasteiger partial charge in [-0.2, -0.15) is 0 Å². The highest BCUT2D eigenvalue weighted by Gasteiger charge is 2.15. The Kier molecular flexibility index (Phi) is 2.13. The van der Waals surface area contributed by atoms with Crippen LogP contribution in [0.3, 0.4) is 0 Å². The largest absolute Gasteiger partial charge is 0.345 e. The smallest absolute Gasteiger partial charge is 0.117 e. The quantitative estimate of drug-likeness (QED) is 0.723. The van der Waals surface area contributed by atoms with Crippen molar-refractivity contribution in [3.05, 3.63) is 11.5 Å². The van der Waals surface area contributed by atoms with Crippen molar-refractivity contribution < 1.29 is 0 Å². The fraction of sp³-hybridized carbons (Fsp3) is 0.667. The summed E-state index contributed by atoms with van der Waals surface area (Å²) in [6.45, 7) is 4.35. The van der Waals surface area contributed by atoms with Crippen LogP contribution in [0.2, 0.25) is 0 Å². The van der Waals surface area contributed by atoms with Gasteiger partial charge in [0, 0.05) is 11.6 Å². The summed E-state index contributed by atoms with van der Waals surface area (Å²) in [7, 11) is 0. The minimum absolute atomic E-state index is 0.524. The van der Waals surface area contributed by atoms with Gasteiger partial charge in [-0.15, -0.1) is 11.8 Å². The van der Waals surface area contributed by atoms with E-state index >= 15 is 0 Å². The second-order valence-electron chi connectivity index (χ2n) is 3.51. The number of hydrogen-bond acceptors (Lipinski definition) is 2. The van der Waals surface area contributed by atoms with Crippen molar-refractivity contribution >= 4 is 11.8 Å². The molecule has 0 aliphatic carbocycles. The molecule has 2 heterocycles. The second-order valence-corrected chi connectivity index (χ2v) is 4.60. The molecule has 1 aliphatic rings. The van der Waals surface area contributed by atoms with Gasteiger partial charge in [-0.25, -0.2) is 4.98 Å². The number of nitrogens with one attached hydrogen (secondary N) is 1. The first-order valence-corrected chi connectivity index (χ1v) is 5.47. The number of fused-ring (bicyclic) bond motifs is 1. The third kappa shape index (κ3) is 1.38. The monoisotopic (exact) mass is 182 g/mol. The molecule has 0 unspecified atom stereocenters. The zero-order valence-corrected chi connectivity index (χ0v) is 8.37. The lowest BCUT2D eigenvalue weighted by molar-refractivity contribution is 0.784. The molecular weight excluding hydrogens is 168 g/mol. The molecule has 2 nitrogen and oxygen atoms in total. The van der Waals surface area contributed by atoms with Crippen molar-refractivity contribution in [1.29, 1.82) is 0 Å². The third-order valence-electron chi connectivity index (χ3n) is 2.12. The van der Waals surface area contributed by atoms with Gasteiger partial charge in [0.15, 0.2) is 0 Å². The Balaban J connectivity index is 2.32. The summed E-state index contributed by atoms with van der Waals surface area (Å²) in [6.07, 6.45) is 2.47. The Morgan fingerprint density at radius 2 is 2.33 bits per heavy atom. The Hall–Kier alpha value is -0.440. The highest BCUT2D eigenvalue weighted by atomic mass is 32.2. The zero-order chi connectivity index (χ0) is 8.55. The Labute approximate surface area is 77.2 Å². The van der Waals surface area contributed by atoms with E-state index in [9.17, 15) is 0 Å². The van der Waals surface area contributed by atoms with Crippen molar-refractivity contribution in [2.24, 2.45) is 0 Å². The normalized spacial score (nSPS) is 16.6. The lowest BCUT2D eigenvalue weighted by Gasteiger charge is -2.06. The molecular formula is C9H14N2S. The van der Waals surface area contributed by atoms with Crippen molar-refractivity contribution in [2.45, 2.75) is 37.6 Å². The average Bonchev–Trinajstić information content (AvgIpc) is 2.46. The van der Waals surface area contributed by atoms with E-state index < -0.39 is 0 Å². The fourth-order valence-corrected chi connectivity index (χ4v) is 2.37. The number of aromatic amines is 1. The molecule has 1 N–H and O–H groups in total. The molecule has 0 spiro atoms. The van der Waals surface area contributed by atoms with E-state index in [-0.39, 0.29) is 0 Å². The van der Waals surface area contributed by atoms with E-state index in [0.717, 1.165) is 5.82 Å². The third-order valence-corrected chi connectivity index (χ3v) is 3.22. The van der Waals surface area contributed by atoms with Crippen molar-refractivity contribution in [3.63, 3.8) is 0 Å². The van der Waals surface area contributed by atoms with Gasteiger partial charge in [0.2, 0.25) is 0 Å². The summed E-state index contributed by atoms with van der Waals surface area (Å²) < 4.78 is 0. The van der Waals surface area contributed by atoms with Crippen molar-refractivity contribution in [3.8, 4) is 0 Å². The number of hydrogen-bond donors (Lipinski definition) is 1. The average molecular weight is 182 g/mol. The van der Waals surface area contributed by atoms with Gasteiger partial charge >= 0.3 is 0 Å². The molecule has 12 heavy (non-hydrogen) atoms. The maximum atomic E-state index is 4.56. The topological polar surface area (TPSA) is 28.7 Å². The van der Waals surface area contributed by atoms with Crippen LogP contribution in [0.25, 0.3) is 0 Å². The van der Waals surface area contributed by atoms with E-state index in [0.29, 0.717) is 5.92 Å². The zero-order valence-electron chi connectivity index (χ0n) is 7.55. The maximum Gasteiger partial charge on any atom is 0.117 e. The molecule has 0 radical (unpaired) electrons. The first-order chi connectivity index (χ1) is 5.77. The molecule has 3 heteroatoms. The highest BCUT2D eigenvalue weighted by Crippen LogP contribution is 2.29. The Morgan fingerprint density at radius 3 is 3.00 bits per heavy atom. The van der Waals surface area contributed by atoms with E-state index in [1.807, 2.05) is 11.8 Å². The molecule has 0 amide bonds. The number of imidazole rings is 1. The van der Waals surface area contributed by atoms with Crippen LogP contribution in [0.15, 0.2) is 5.03 Å². The molecule has 0 saturated heterocycles. The summed E-state index contributed by atoms with van der Waals surface area (Å²) in [5.41, 5.74) is 1.36. The van der Waals surface area contributed by atoms with Gasteiger partial charge in [-0.05, 0) is 18.6 Å². The van der Waals surface area contributed by atoms with E-state index in [4.69, 9.17) is 0 Å². The number of nitrogens with zero attached hydrogens (tertiary/aromatic N) is 1. The molecule has 0 fully saturated rings. The predicted octanol–water partition coefficient (Wildman–Crippen LogP) is 2.57. The maximum absolute atomic E-state index is 4.56. The first kappa shape index (κ1) is 8.17. The molecule has 2 rings (SSSR count). The minimum atomic E-state index is 0.524. The molecule has 1 aromatic rings. The standard InChI is InChI=1S/C9H14N2S/c1-6(2)8-10-7-4-3-5-12-9(7)11-8/h6H,3-5H2,1-2H3,(H,10,11). The van der Waals surface area contributed by atoms with E-state index in [1.165, 1.54) is 29.3 Å². The predicted molar refractivity (Wildman–Crippen MR) is 51.7 cm³/mol. The van der Waals surface area contributed by atoms with Crippen LogP contribution < -0.4 is 0 Å². The van der Waals surface area contributed by atoms with Crippen LogP contribution in [0.1, 0.15) is 37.7 Å². The molecule has 1 aliphatic heterocycles. The van der Waals surface area contributed by atoms with Crippen LogP contribution in [-0.4, -0.2) is 15.7 Å². The van der Waals surface area contributed by atoms with E-state index in [1.54, 1.807) is 0 Å². The summed E-state index contributed by atoms with van der Waals surface area (Å²) in [4.78, 5) is 7.96. The molecule has 1 aromatic heterocycles. The number of rotatable bonds is 1. The second kappa shape index (κ2) is 3.13. The highest BCUT2D eigenvalue weighted by molar-refractivity contribution is 7.99. The molecule has 0 bridgehead atoms. The molecule has 66 valence electrons. The summed E-state index contributed by atoms with van der Waals surface area (Å²) in [5.74, 6) is 2.90. The SMILES string of the molecule is CC(C)c1nc2c([nH]1)CCCS2. The van der Waals surface area contributed by atoms with E-state index in [2.05, 4.69) is 23.8 Å². The summed E-state index contributed by atoms with van der Waals surface area (Å²) in [5, 5.41) is 1.24. The number of aryl methyl sites for hydroxylation is 1. The van der Waals surface area contributed by atoms with Crippen LogP contribution in [-0.2, 0) is 6.42 Å². The minimum Gasteiger partial charge on any atom is -0.345 e. The van der Waals surface area contributed by atoms with Crippen LogP contribution in [0.5, 0.6) is 0 Å². The summed E-state index contributed by atoms with van der Waals surface area (Å²) >= 11 is 1.88. The Bertz CT molecular complexity index is 255. The molecule has 0 atom stereocenters. The van der Waals surface area contributed by atoms with Gasteiger partial charge < -0.3 is 4.98 Å². The molecule has 0 aromatic carbocycles. The number of thioether (sulfide) groups is 1. The lowest BCUT2D eigenvalue weighted by atomic mass is 10.2. The van der Waals surface area contributed by atoms with Gasteiger partial charge in [0.25, 0.3) is 0 Å². The summed E-state index contributed by atoms with van der Waals surface area (Å²) in [6, 6.07) is 0. The van der Waals surface area contributed by atoms with Crippen molar-refractivity contribution in [1.82, 2.24) is 9.97 Å². The first-order valence-electron chi connectivity index (χ1n) is 4.49. The fourth-order valence-electron chi connectivity index (χ4n) is 1.39. The molecule has 0 saturated carbocycles. The Morgan fingerprint density at radius 1 is 1.50 bits per heavy atom. The van der Waals surface area contributed by atoms with Crippen molar-refractivity contribution in [2.75, 3.05) is 5.75 Å². The number of aromatic nitrogens is 2. The van der Waals surface area contributed by atoms with Crippen LogP contribution in [0.4, 0.5) is 0 Å². The lowest BCUT2D eigenvalue weighted by Crippen LogP contribution is -1.96. The van der Waals surface area contributed by atoms with Gasteiger partial charge in [0.1, 0.15) is 10.9 Å². The van der Waals surface area contributed by atoms with Gasteiger partial charge in [0.05, 0.1) is 0 Å². The van der Waals surface area contributed by atoms with Gasteiger partial charge in [-0.1, -0.05) is 13.8 Å². The van der Waals surface area contributed by atoms with Crippen LogP contribution in [0, 0.1) is 0 Å². The number of H-pyrrole nitrogens is 1. The van der Waals surface area contributed by atoms with Crippen LogP contribution >= 0.6 is 11.8 Å². The van der Waals surface area contributed by atoms with Gasteiger partial charge in [-0.3, -0.25) is 0 Å².